The maximum Gasteiger partial charge on any atom is 0.250 e. The predicted octanol–water partition coefficient (Wildman–Crippen LogP) is 4.93. The van der Waals surface area contributed by atoms with Crippen LogP contribution in [-0.2, 0) is 11.4 Å². The second-order valence-electron chi connectivity index (χ2n) is 6.08. The van der Waals surface area contributed by atoms with Crippen LogP contribution in [0.15, 0.2) is 45.8 Å². The summed E-state index contributed by atoms with van der Waals surface area (Å²) in [7, 11) is 1.57. The first-order valence-corrected chi connectivity index (χ1v) is 12.2. The Hall–Kier alpha value is -1.89. The van der Waals surface area contributed by atoms with E-state index in [9.17, 15) is 4.79 Å². The number of ether oxygens (including phenoxy) is 2. The van der Waals surface area contributed by atoms with Crippen molar-refractivity contribution in [3.63, 3.8) is 0 Å². The van der Waals surface area contributed by atoms with Crippen molar-refractivity contribution in [1.82, 2.24) is 15.6 Å². The lowest BCUT2D eigenvalue weighted by Gasteiger charge is -2.14. The third kappa shape index (κ3) is 7.06. The highest BCUT2D eigenvalue weighted by atomic mass is 127. The molecule has 1 heterocycles. The summed E-state index contributed by atoms with van der Waals surface area (Å²) in [6.07, 6.45) is 1.56. The summed E-state index contributed by atoms with van der Waals surface area (Å²) in [4.78, 5) is 12.0. The molecule has 0 saturated carbocycles. The molecule has 11 heteroatoms. The molecule has 0 aliphatic carbocycles. The molecular formula is C20H18ClIN4O3S2. The highest BCUT2D eigenvalue weighted by molar-refractivity contribution is 14.1. The van der Waals surface area contributed by atoms with Crippen LogP contribution in [-0.4, -0.2) is 35.2 Å². The Morgan fingerprint density at radius 3 is 2.87 bits per heavy atom. The fourth-order valence-corrected chi connectivity index (χ4v) is 4.97. The molecule has 7 nitrogen and oxygen atoms in total. The maximum atomic E-state index is 12.0. The van der Waals surface area contributed by atoms with Crippen LogP contribution in [0.4, 0.5) is 0 Å². The number of aromatic nitrogens is 2. The number of methoxy groups -OCH3 is 1. The molecule has 3 aromatic rings. The molecule has 3 rings (SSSR count). The number of nitrogens with zero attached hydrogens (tertiary/aromatic N) is 3. The van der Waals surface area contributed by atoms with Gasteiger partial charge in [0, 0.05) is 10.6 Å². The number of rotatable bonds is 9. The summed E-state index contributed by atoms with van der Waals surface area (Å²) in [5, 5.41) is 13.4. The van der Waals surface area contributed by atoms with Crippen molar-refractivity contribution in [2.75, 3.05) is 12.9 Å². The molecule has 1 aromatic heterocycles. The van der Waals surface area contributed by atoms with Crippen LogP contribution in [0, 0.1) is 10.5 Å². The monoisotopic (exact) mass is 588 g/mol. The van der Waals surface area contributed by atoms with E-state index >= 15 is 0 Å². The summed E-state index contributed by atoms with van der Waals surface area (Å²) in [5.74, 6) is 1.17. The number of aryl methyl sites for hydroxylation is 1. The van der Waals surface area contributed by atoms with Crippen LogP contribution < -0.4 is 14.9 Å². The smallest absolute Gasteiger partial charge is 0.250 e. The Morgan fingerprint density at radius 1 is 1.35 bits per heavy atom. The lowest BCUT2D eigenvalue weighted by molar-refractivity contribution is -0.118. The van der Waals surface area contributed by atoms with E-state index in [0.717, 1.165) is 24.0 Å². The number of hydrogen-bond acceptors (Lipinski definition) is 8. The molecule has 0 aliphatic rings. The fourth-order valence-electron chi connectivity index (χ4n) is 2.39. The minimum atomic E-state index is -0.226. The van der Waals surface area contributed by atoms with Crippen molar-refractivity contribution in [1.29, 1.82) is 0 Å². The fraction of sp³-hybridized carbons (Fsp3) is 0.200. The van der Waals surface area contributed by atoms with Crippen LogP contribution in [0.2, 0.25) is 5.02 Å². The number of benzene rings is 2. The SMILES string of the molecule is COc1cc(/C=N/NC(=O)CSc2nnc(C)s2)cc(I)c1OCc1ccccc1Cl. The van der Waals surface area contributed by atoms with E-state index in [2.05, 4.69) is 43.3 Å². The summed E-state index contributed by atoms with van der Waals surface area (Å²) in [6, 6.07) is 11.2. The third-order valence-corrected chi connectivity index (χ3v) is 6.96. The van der Waals surface area contributed by atoms with E-state index in [-0.39, 0.29) is 11.7 Å². The summed E-state index contributed by atoms with van der Waals surface area (Å²) in [5.41, 5.74) is 4.16. The number of nitrogens with one attached hydrogen (secondary N) is 1. The molecule has 0 radical (unpaired) electrons. The van der Waals surface area contributed by atoms with Gasteiger partial charge in [-0.15, -0.1) is 10.2 Å². The van der Waals surface area contributed by atoms with Gasteiger partial charge in [-0.1, -0.05) is 52.9 Å². The second-order valence-corrected chi connectivity index (χ2v) is 10.1. The number of halogens is 2. The van der Waals surface area contributed by atoms with E-state index in [1.54, 1.807) is 19.4 Å². The molecule has 1 N–H and O–H groups in total. The molecule has 0 bridgehead atoms. The number of carbonyl (C=O) groups is 1. The normalized spacial score (nSPS) is 11.0. The molecule has 0 spiro atoms. The second kappa shape index (κ2) is 11.7. The number of amides is 1. The zero-order valence-electron chi connectivity index (χ0n) is 16.6. The molecule has 0 fully saturated rings. The first kappa shape index (κ1) is 23.8. The van der Waals surface area contributed by atoms with Gasteiger partial charge in [-0.2, -0.15) is 5.10 Å². The minimum Gasteiger partial charge on any atom is -0.493 e. The molecule has 31 heavy (non-hydrogen) atoms. The van der Waals surface area contributed by atoms with Crippen molar-refractivity contribution in [3.05, 3.63) is 61.1 Å². The van der Waals surface area contributed by atoms with Crippen LogP contribution in [0.1, 0.15) is 16.1 Å². The Labute approximate surface area is 206 Å². The largest absolute Gasteiger partial charge is 0.493 e. The van der Waals surface area contributed by atoms with Gasteiger partial charge >= 0.3 is 0 Å². The van der Waals surface area contributed by atoms with Gasteiger partial charge in [0.2, 0.25) is 0 Å². The van der Waals surface area contributed by atoms with Crippen molar-refractivity contribution in [2.24, 2.45) is 5.10 Å². The molecule has 0 atom stereocenters. The minimum absolute atomic E-state index is 0.210. The van der Waals surface area contributed by atoms with Gasteiger partial charge in [0.05, 0.1) is 22.6 Å². The molecule has 0 saturated heterocycles. The standard InChI is InChI=1S/C20H18ClIN4O3S2/c1-12-24-26-20(31-12)30-11-18(27)25-23-9-13-7-16(22)19(17(8-13)28-2)29-10-14-5-3-4-6-15(14)21/h3-9H,10-11H2,1-2H3,(H,25,27)/b23-9+. The van der Waals surface area contributed by atoms with Gasteiger partial charge in [-0.05, 0) is 53.3 Å². The van der Waals surface area contributed by atoms with Crippen LogP contribution >= 0.6 is 57.3 Å². The van der Waals surface area contributed by atoms with Crippen molar-refractivity contribution < 1.29 is 14.3 Å². The molecular weight excluding hydrogens is 571 g/mol. The van der Waals surface area contributed by atoms with E-state index in [0.29, 0.717) is 23.1 Å². The van der Waals surface area contributed by atoms with Gasteiger partial charge in [0.15, 0.2) is 15.8 Å². The lowest BCUT2D eigenvalue weighted by atomic mass is 10.2. The first-order valence-electron chi connectivity index (χ1n) is 8.95. The molecule has 0 unspecified atom stereocenters. The summed E-state index contributed by atoms with van der Waals surface area (Å²) < 4.78 is 13.0. The van der Waals surface area contributed by atoms with E-state index in [1.165, 1.54) is 23.1 Å². The first-order chi connectivity index (χ1) is 15.0. The van der Waals surface area contributed by atoms with Gasteiger partial charge in [-0.25, -0.2) is 5.43 Å². The zero-order valence-corrected chi connectivity index (χ0v) is 21.1. The van der Waals surface area contributed by atoms with Crippen molar-refractivity contribution in [3.8, 4) is 11.5 Å². The molecule has 1 amide bonds. The topological polar surface area (TPSA) is 85.7 Å². The summed E-state index contributed by atoms with van der Waals surface area (Å²) in [6.45, 7) is 2.19. The van der Waals surface area contributed by atoms with Crippen molar-refractivity contribution >= 4 is 69.4 Å². The van der Waals surface area contributed by atoms with E-state index in [4.69, 9.17) is 21.1 Å². The number of thioether (sulfide) groups is 1. The number of hydrogen-bond donors (Lipinski definition) is 1. The Bertz CT molecular complexity index is 1090. The van der Waals surface area contributed by atoms with Gasteiger partial charge in [-0.3, -0.25) is 4.79 Å². The van der Waals surface area contributed by atoms with Crippen LogP contribution in [0.5, 0.6) is 11.5 Å². The average Bonchev–Trinajstić information content (AvgIpc) is 3.17. The highest BCUT2D eigenvalue weighted by Gasteiger charge is 2.12. The van der Waals surface area contributed by atoms with E-state index in [1.807, 2.05) is 37.3 Å². The van der Waals surface area contributed by atoms with Crippen molar-refractivity contribution in [2.45, 2.75) is 17.9 Å². The van der Waals surface area contributed by atoms with Crippen LogP contribution in [0.25, 0.3) is 0 Å². The third-order valence-electron chi connectivity index (χ3n) is 3.82. The quantitative estimate of drug-likeness (QED) is 0.165. The lowest BCUT2D eigenvalue weighted by Crippen LogP contribution is -2.19. The average molecular weight is 589 g/mol. The van der Waals surface area contributed by atoms with E-state index < -0.39 is 0 Å². The Balaban J connectivity index is 1.59. The zero-order chi connectivity index (χ0) is 22.2. The number of hydrazone groups is 1. The van der Waals surface area contributed by atoms with Crippen LogP contribution in [0.3, 0.4) is 0 Å². The summed E-state index contributed by atoms with van der Waals surface area (Å²) >= 11 is 11.1. The Morgan fingerprint density at radius 2 is 2.16 bits per heavy atom. The maximum absolute atomic E-state index is 12.0. The highest BCUT2D eigenvalue weighted by Crippen LogP contribution is 2.34. The Kier molecular flexibility index (Phi) is 8.93. The van der Waals surface area contributed by atoms with Gasteiger partial charge < -0.3 is 9.47 Å². The molecule has 162 valence electrons. The molecule has 0 aliphatic heterocycles. The number of carbonyl (C=O) groups excluding carboxylic acids is 1. The predicted molar refractivity (Wildman–Crippen MR) is 133 cm³/mol. The molecule has 2 aromatic carbocycles. The van der Waals surface area contributed by atoms with Gasteiger partial charge in [0.1, 0.15) is 11.6 Å². The van der Waals surface area contributed by atoms with Gasteiger partial charge in [0.25, 0.3) is 5.91 Å².